The number of Topliss-reactive ketones (excluding diaryl/α,β-unsaturated/α-hetero) is 2. The van der Waals surface area contributed by atoms with Crippen LogP contribution in [-0.2, 0) is 19.2 Å². The first-order chi connectivity index (χ1) is 14.2. The van der Waals surface area contributed by atoms with Crippen LogP contribution in [0.5, 0.6) is 0 Å². The average molecular weight is 634 g/mol. The summed E-state index contributed by atoms with van der Waals surface area (Å²) < 4.78 is 0. The maximum Gasteiger partial charge on any atom is 2.00 e. The monoisotopic (exact) mass is 634 g/mol. The van der Waals surface area contributed by atoms with Gasteiger partial charge >= 0.3 is 27.3 Å². The molecule has 0 aliphatic carbocycles. The number of aliphatic carboxylic acids is 2. The number of rotatable bonds is 18. The summed E-state index contributed by atoms with van der Waals surface area (Å²) in [6.07, 6.45) is 14.0. The van der Waals surface area contributed by atoms with Gasteiger partial charge in [0.15, 0.2) is 0 Å². The van der Waals surface area contributed by atoms with Crippen molar-refractivity contribution >= 4 is 50.8 Å². The molecule has 0 saturated carbocycles. The minimum absolute atomic E-state index is 0. The number of ketones is 2. The molecule has 0 aromatic carbocycles. The summed E-state index contributed by atoms with van der Waals surface area (Å²) in [7, 11) is 0. The molecule has 2 radical (unpaired) electrons. The Morgan fingerprint density at radius 1 is 0.548 bits per heavy atom. The zero-order valence-corrected chi connectivity index (χ0v) is 23.9. The Hall–Kier alpha value is -0.798. The number of carbonyl (C=O) groups is 4. The molecular weight excluding hydrogens is 591 g/mol. The minimum atomic E-state index is -1.23. The van der Waals surface area contributed by atoms with Crippen LogP contribution >= 0.6 is 0 Å². The Balaban J connectivity index is -0.000000490. The van der Waals surface area contributed by atoms with Crippen LogP contribution < -0.4 is 10.2 Å². The van der Waals surface area contributed by atoms with E-state index in [2.05, 4.69) is 13.8 Å². The summed E-state index contributed by atoms with van der Waals surface area (Å²) in [5, 5.41) is 21.2. The van der Waals surface area contributed by atoms with E-state index < -0.39 is 23.8 Å². The topological polar surface area (TPSA) is 114 Å². The fraction of sp³-hybridized carbons (Fsp3) is 0.833. The largest absolute Gasteiger partial charge is 2.00 e. The number of carboxylic acid groups (broad SMARTS) is 2. The summed E-state index contributed by atoms with van der Waals surface area (Å²) >= 11 is 0. The molecule has 2 unspecified atom stereocenters. The van der Waals surface area contributed by atoms with Crippen molar-refractivity contribution in [2.75, 3.05) is 0 Å². The molecule has 0 aliphatic heterocycles. The van der Waals surface area contributed by atoms with E-state index in [0.29, 0.717) is 12.8 Å². The quantitative estimate of drug-likeness (QED) is 0.130. The van der Waals surface area contributed by atoms with Gasteiger partial charge in [0, 0.05) is 0 Å². The second-order valence-corrected chi connectivity index (χ2v) is 8.08. The van der Waals surface area contributed by atoms with Crippen molar-refractivity contribution in [1.82, 2.24) is 0 Å². The van der Waals surface area contributed by atoms with E-state index in [1.165, 1.54) is 52.4 Å². The molecule has 0 saturated heterocycles. The molecular formula is C24H42O6Pb. The van der Waals surface area contributed by atoms with E-state index in [4.69, 9.17) is 0 Å². The summed E-state index contributed by atoms with van der Waals surface area (Å²) in [5.74, 6) is -4.81. The Labute approximate surface area is 209 Å². The molecule has 6 nitrogen and oxygen atoms in total. The van der Waals surface area contributed by atoms with Crippen LogP contribution in [0.15, 0.2) is 0 Å². The van der Waals surface area contributed by atoms with Crippen LogP contribution in [0.3, 0.4) is 0 Å². The number of unbranched alkanes of at least 4 members (excludes halogenated alkanes) is 10. The third kappa shape index (κ3) is 22.2. The van der Waals surface area contributed by atoms with Gasteiger partial charge < -0.3 is 19.8 Å². The van der Waals surface area contributed by atoms with Gasteiger partial charge in [-0.2, -0.15) is 0 Å². The normalized spacial score (nSPS) is 12.0. The molecule has 31 heavy (non-hydrogen) atoms. The maximum absolute atomic E-state index is 10.9. The average Bonchev–Trinajstić information content (AvgIpc) is 2.66. The van der Waals surface area contributed by atoms with Gasteiger partial charge in [-0.15, -0.1) is 0 Å². The first-order valence-electron chi connectivity index (χ1n) is 11.6. The predicted octanol–water partition coefficient (Wildman–Crippen LogP) is 3.00. The van der Waals surface area contributed by atoms with Crippen molar-refractivity contribution in [3.8, 4) is 0 Å². The van der Waals surface area contributed by atoms with Gasteiger partial charge in [-0.05, 0) is 26.7 Å². The first kappa shape index (κ1) is 34.8. The molecule has 0 fully saturated rings. The van der Waals surface area contributed by atoms with Crippen molar-refractivity contribution in [3.05, 3.63) is 0 Å². The molecule has 7 heteroatoms. The first-order valence-corrected chi connectivity index (χ1v) is 11.6. The molecule has 0 aromatic heterocycles. The Kier molecular flexibility index (Phi) is 26.8. The number of hydrogen-bond acceptors (Lipinski definition) is 6. The van der Waals surface area contributed by atoms with Crippen LogP contribution in [-0.4, -0.2) is 50.8 Å². The van der Waals surface area contributed by atoms with Crippen molar-refractivity contribution in [2.45, 2.75) is 118 Å². The van der Waals surface area contributed by atoms with Crippen LogP contribution in [0.25, 0.3) is 0 Å². The summed E-state index contributed by atoms with van der Waals surface area (Å²) in [5.41, 5.74) is 0. The molecule has 0 aromatic rings. The van der Waals surface area contributed by atoms with Gasteiger partial charge in [0.25, 0.3) is 0 Å². The molecule has 0 bridgehead atoms. The zero-order valence-electron chi connectivity index (χ0n) is 20.0. The van der Waals surface area contributed by atoms with Crippen molar-refractivity contribution in [1.29, 1.82) is 0 Å². The smallest absolute Gasteiger partial charge is 0.549 e. The second kappa shape index (κ2) is 23.9. The van der Waals surface area contributed by atoms with Gasteiger partial charge in [0.1, 0.15) is 11.6 Å². The van der Waals surface area contributed by atoms with Crippen LogP contribution in [0, 0.1) is 11.8 Å². The molecule has 0 spiro atoms. The molecule has 2 atom stereocenters. The van der Waals surface area contributed by atoms with Crippen LogP contribution in [0.4, 0.5) is 0 Å². The third-order valence-electron chi connectivity index (χ3n) is 5.24. The molecule has 0 N–H and O–H groups in total. The maximum atomic E-state index is 10.9. The zero-order chi connectivity index (χ0) is 23.4. The van der Waals surface area contributed by atoms with Gasteiger partial charge in [0.2, 0.25) is 0 Å². The van der Waals surface area contributed by atoms with E-state index in [0.717, 1.165) is 38.5 Å². The van der Waals surface area contributed by atoms with E-state index in [1.54, 1.807) is 0 Å². The molecule has 0 rings (SSSR count). The molecule has 0 amide bonds. The summed E-state index contributed by atoms with van der Waals surface area (Å²) in [6, 6.07) is 0. The fourth-order valence-electron chi connectivity index (χ4n) is 3.23. The van der Waals surface area contributed by atoms with Crippen molar-refractivity contribution < 1.29 is 29.4 Å². The van der Waals surface area contributed by atoms with E-state index in [-0.39, 0.29) is 38.9 Å². The van der Waals surface area contributed by atoms with E-state index in [1.807, 2.05) is 0 Å². The van der Waals surface area contributed by atoms with E-state index >= 15 is 0 Å². The van der Waals surface area contributed by atoms with Crippen LogP contribution in [0.1, 0.15) is 118 Å². The van der Waals surface area contributed by atoms with Gasteiger partial charge in [-0.1, -0.05) is 90.9 Å². The Morgan fingerprint density at radius 3 is 1.03 bits per heavy atom. The second-order valence-electron chi connectivity index (χ2n) is 8.08. The number of carboxylic acids is 2. The fourth-order valence-corrected chi connectivity index (χ4v) is 3.23. The number of hydrogen-bond donors (Lipinski definition) is 0. The minimum Gasteiger partial charge on any atom is -0.549 e. The number of carbonyl (C=O) groups excluding carboxylic acids is 4. The Morgan fingerprint density at radius 2 is 0.806 bits per heavy atom. The van der Waals surface area contributed by atoms with Crippen LogP contribution in [0.2, 0.25) is 0 Å². The molecule has 0 heterocycles. The summed E-state index contributed by atoms with van der Waals surface area (Å²) in [4.78, 5) is 43.0. The standard InChI is InChI=1S/2C12H22O3.Pb/c2*1-3-4-5-6-7-8-9-11(10(2)13)12(14)15;/h2*11H,3-9H2,1-2H3,(H,14,15);/q;;+2/p-2. The third-order valence-corrected chi connectivity index (χ3v) is 5.24. The van der Waals surface area contributed by atoms with Crippen molar-refractivity contribution in [2.24, 2.45) is 11.8 Å². The van der Waals surface area contributed by atoms with E-state index in [9.17, 15) is 29.4 Å². The van der Waals surface area contributed by atoms with Gasteiger partial charge in [-0.3, -0.25) is 9.59 Å². The Bertz CT molecular complexity index is 420. The predicted molar refractivity (Wildman–Crippen MR) is 120 cm³/mol. The summed E-state index contributed by atoms with van der Waals surface area (Å²) in [6.45, 7) is 6.94. The molecule has 178 valence electrons. The SMILES string of the molecule is CCCCCCCCC(C(C)=O)C(=O)[O-].CCCCCCCCC(C(C)=O)C(=O)[O-].[Pb+2]. The molecule has 0 aliphatic rings. The van der Waals surface area contributed by atoms with Gasteiger partial charge in [-0.25, -0.2) is 0 Å². The van der Waals surface area contributed by atoms with Gasteiger partial charge in [0.05, 0.1) is 23.8 Å². The van der Waals surface area contributed by atoms with Crippen molar-refractivity contribution in [3.63, 3.8) is 0 Å².